The van der Waals surface area contributed by atoms with Crippen molar-refractivity contribution in [2.24, 2.45) is 0 Å². The molecule has 0 rings (SSSR count). The molecule has 0 aliphatic heterocycles. The lowest BCUT2D eigenvalue weighted by Gasteiger charge is -2.16. The van der Waals surface area contributed by atoms with Crippen molar-refractivity contribution in [3.05, 3.63) is 0 Å². The zero-order valence-electron chi connectivity index (χ0n) is 12.4. The van der Waals surface area contributed by atoms with Gasteiger partial charge in [0.2, 0.25) is 0 Å². The van der Waals surface area contributed by atoms with E-state index in [0.29, 0.717) is 59.5 Å². The van der Waals surface area contributed by atoms with Crippen LogP contribution in [0.2, 0.25) is 0 Å². The molecule has 0 aliphatic carbocycles. The summed E-state index contributed by atoms with van der Waals surface area (Å²) in [5.41, 5.74) is 0. The van der Waals surface area contributed by atoms with Gasteiger partial charge in [-0.25, -0.2) is 0 Å². The summed E-state index contributed by atoms with van der Waals surface area (Å²) in [5.74, 6) is 0. The number of hydrogen-bond donors (Lipinski definition) is 0. The highest BCUT2D eigenvalue weighted by molar-refractivity contribution is 6.36. The fourth-order valence-electron chi connectivity index (χ4n) is 1.19. The van der Waals surface area contributed by atoms with Crippen molar-refractivity contribution in [1.29, 1.82) is 0 Å². The van der Waals surface area contributed by atoms with Crippen LogP contribution in [0.15, 0.2) is 0 Å². The Balaban J connectivity index is 3.66. The summed E-state index contributed by atoms with van der Waals surface area (Å²) in [6.07, 6.45) is 0. The second-order valence-electron chi connectivity index (χ2n) is 3.49. The van der Waals surface area contributed by atoms with E-state index in [1.54, 1.807) is 0 Å². The quantitative estimate of drug-likeness (QED) is 0.330. The van der Waals surface area contributed by atoms with Crippen LogP contribution < -0.4 is 0 Å². The summed E-state index contributed by atoms with van der Waals surface area (Å²) in [6.45, 7) is 11.1. The van der Waals surface area contributed by atoms with Gasteiger partial charge in [-0.3, -0.25) is 0 Å². The van der Waals surface area contributed by atoms with E-state index in [-0.39, 0.29) is 0 Å². The van der Waals surface area contributed by atoms with E-state index in [1.165, 1.54) is 0 Å². The van der Waals surface area contributed by atoms with E-state index in [4.69, 9.17) is 27.5 Å². The molecular formula is C12H28O6Si. The Morgan fingerprint density at radius 2 is 0.842 bits per heavy atom. The summed E-state index contributed by atoms with van der Waals surface area (Å²) in [7, 11) is -2.10. The molecule has 0 atom stereocenters. The van der Waals surface area contributed by atoms with E-state index in [1.807, 2.05) is 20.8 Å². The Morgan fingerprint density at radius 3 is 1.11 bits per heavy atom. The zero-order valence-corrected chi connectivity index (χ0v) is 13.5. The topological polar surface area (TPSA) is 55.4 Å². The number of hydrogen-bond acceptors (Lipinski definition) is 6. The van der Waals surface area contributed by atoms with Gasteiger partial charge >= 0.3 is 9.53 Å². The maximum atomic E-state index is 5.56. The predicted octanol–water partition coefficient (Wildman–Crippen LogP) is 0.863. The minimum atomic E-state index is -2.10. The van der Waals surface area contributed by atoms with Gasteiger partial charge in [-0.1, -0.05) is 0 Å². The first kappa shape index (κ1) is 19.0. The molecule has 19 heavy (non-hydrogen) atoms. The molecule has 0 aromatic carbocycles. The third-order valence-corrected chi connectivity index (χ3v) is 3.58. The maximum absolute atomic E-state index is 5.56. The highest BCUT2D eigenvalue weighted by atomic mass is 28.3. The molecule has 0 unspecified atom stereocenters. The number of rotatable bonds is 15. The molecule has 0 N–H and O–H groups in total. The lowest BCUT2D eigenvalue weighted by Crippen LogP contribution is -2.31. The summed E-state index contributed by atoms with van der Waals surface area (Å²) < 4.78 is 32.3. The van der Waals surface area contributed by atoms with Gasteiger partial charge < -0.3 is 27.5 Å². The molecular weight excluding hydrogens is 268 g/mol. The van der Waals surface area contributed by atoms with Gasteiger partial charge in [0.25, 0.3) is 0 Å². The fraction of sp³-hybridized carbons (Fsp3) is 1.00. The molecule has 0 bridgehead atoms. The first-order valence-electron chi connectivity index (χ1n) is 6.93. The molecule has 0 saturated heterocycles. The predicted molar refractivity (Wildman–Crippen MR) is 74.5 cm³/mol. The molecule has 0 aliphatic rings. The molecule has 0 radical (unpaired) electrons. The minimum Gasteiger partial charge on any atom is -0.379 e. The van der Waals surface area contributed by atoms with Crippen LogP contribution >= 0.6 is 0 Å². The van der Waals surface area contributed by atoms with E-state index in [9.17, 15) is 0 Å². The average Bonchev–Trinajstić information content (AvgIpc) is 2.43. The molecule has 0 amide bonds. The van der Waals surface area contributed by atoms with Crippen molar-refractivity contribution >= 4 is 9.53 Å². The van der Waals surface area contributed by atoms with Crippen molar-refractivity contribution < 1.29 is 27.5 Å². The van der Waals surface area contributed by atoms with Gasteiger partial charge in [0.05, 0.1) is 39.6 Å². The van der Waals surface area contributed by atoms with E-state index in [2.05, 4.69) is 0 Å². The van der Waals surface area contributed by atoms with E-state index in [0.717, 1.165) is 0 Å². The first-order chi connectivity index (χ1) is 9.35. The Bertz CT molecular complexity index is 144. The molecule has 0 fully saturated rings. The van der Waals surface area contributed by atoms with Gasteiger partial charge in [-0.2, -0.15) is 0 Å². The highest BCUT2D eigenvalue weighted by Crippen LogP contribution is 1.94. The van der Waals surface area contributed by atoms with Crippen molar-refractivity contribution in [3.63, 3.8) is 0 Å². The summed E-state index contributed by atoms with van der Waals surface area (Å²) in [6, 6.07) is 0. The second kappa shape index (κ2) is 16.0. The normalized spacial score (nSPS) is 11.4. The van der Waals surface area contributed by atoms with Crippen molar-refractivity contribution in [1.82, 2.24) is 0 Å². The Kier molecular flexibility index (Phi) is 16.0. The van der Waals surface area contributed by atoms with Crippen molar-refractivity contribution in [2.75, 3.05) is 59.5 Å². The summed E-state index contributed by atoms with van der Waals surface area (Å²) in [4.78, 5) is 0. The third-order valence-electron chi connectivity index (χ3n) is 2.06. The largest absolute Gasteiger partial charge is 0.484 e. The Labute approximate surface area is 118 Å². The first-order valence-corrected chi connectivity index (χ1v) is 8.34. The van der Waals surface area contributed by atoms with Crippen LogP contribution in [0.3, 0.4) is 0 Å². The Morgan fingerprint density at radius 1 is 0.526 bits per heavy atom. The van der Waals surface area contributed by atoms with Gasteiger partial charge in [0.1, 0.15) is 0 Å². The van der Waals surface area contributed by atoms with Crippen molar-refractivity contribution in [3.8, 4) is 0 Å². The van der Waals surface area contributed by atoms with Crippen LogP contribution in [0, 0.1) is 0 Å². The Hall–Kier alpha value is -0.0231. The van der Waals surface area contributed by atoms with Crippen LogP contribution in [-0.4, -0.2) is 69.0 Å². The fourth-order valence-corrected chi connectivity index (χ4v) is 2.34. The lowest BCUT2D eigenvalue weighted by molar-refractivity contribution is 0.0240. The lowest BCUT2D eigenvalue weighted by atomic mass is 10.8. The molecule has 0 aromatic heterocycles. The molecule has 0 aromatic rings. The minimum absolute atomic E-state index is 0.494. The molecule has 7 heteroatoms. The van der Waals surface area contributed by atoms with Crippen LogP contribution in [0.4, 0.5) is 0 Å². The molecule has 116 valence electrons. The van der Waals surface area contributed by atoms with Crippen LogP contribution in [-0.2, 0) is 27.5 Å². The summed E-state index contributed by atoms with van der Waals surface area (Å²) in [5, 5.41) is 0. The number of ether oxygens (including phenoxy) is 3. The average molecular weight is 296 g/mol. The van der Waals surface area contributed by atoms with E-state index >= 15 is 0 Å². The molecule has 6 nitrogen and oxygen atoms in total. The molecule has 0 saturated carbocycles. The van der Waals surface area contributed by atoms with Gasteiger partial charge in [0.15, 0.2) is 0 Å². The maximum Gasteiger partial charge on any atom is 0.484 e. The van der Waals surface area contributed by atoms with Gasteiger partial charge in [-0.05, 0) is 20.8 Å². The van der Waals surface area contributed by atoms with Gasteiger partial charge in [-0.15, -0.1) is 0 Å². The highest BCUT2D eigenvalue weighted by Gasteiger charge is 2.15. The van der Waals surface area contributed by atoms with Gasteiger partial charge in [0, 0.05) is 19.8 Å². The molecule has 0 spiro atoms. The zero-order chi connectivity index (χ0) is 14.2. The van der Waals surface area contributed by atoms with Crippen molar-refractivity contribution in [2.45, 2.75) is 20.8 Å². The van der Waals surface area contributed by atoms with Crippen LogP contribution in [0.25, 0.3) is 0 Å². The third kappa shape index (κ3) is 14.2. The SMILES string of the molecule is CCOCCO[SiH](OCCOCC)OCCOCC. The molecule has 0 heterocycles. The van der Waals surface area contributed by atoms with E-state index < -0.39 is 9.53 Å². The smallest absolute Gasteiger partial charge is 0.379 e. The summed E-state index contributed by atoms with van der Waals surface area (Å²) >= 11 is 0. The van der Waals surface area contributed by atoms with Crippen LogP contribution in [0.1, 0.15) is 20.8 Å². The monoisotopic (exact) mass is 296 g/mol. The van der Waals surface area contributed by atoms with Crippen LogP contribution in [0.5, 0.6) is 0 Å². The second-order valence-corrected chi connectivity index (χ2v) is 5.07. The standard InChI is InChI=1S/C12H28O6Si/c1-4-13-7-10-16-19(17-11-8-14-5-2)18-12-9-15-6-3/h19H,4-12H2,1-3H3.